The topological polar surface area (TPSA) is 27.7 Å². The normalized spacial score (nSPS) is 38.7. The standard InChI is InChI=1S/C23H40O3Si/c1-7-20(26-27(4,5)6)10-13-22(2)12-8-9-19-15-18-16-23(19,22)14-11-21(18)25-17-24-3/h8,10,12,18-19,21H,7,9,11,13-17H2,1-6H3/b20-10+/t18-,19-,21-,22+,23+/m0/s1. The minimum absolute atomic E-state index is 0.236. The van der Waals surface area contributed by atoms with E-state index >= 15 is 0 Å². The van der Waals surface area contributed by atoms with Gasteiger partial charge in [0.1, 0.15) is 6.79 Å². The van der Waals surface area contributed by atoms with Crippen LogP contribution >= 0.6 is 0 Å². The number of fused-ring (bicyclic) bond motifs is 1. The number of allylic oxidation sites excluding steroid dienone is 4. The van der Waals surface area contributed by atoms with Gasteiger partial charge in [-0.15, -0.1) is 0 Å². The maximum Gasteiger partial charge on any atom is 0.241 e. The monoisotopic (exact) mass is 392 g/mol. The number of hydrogen-bond acceptors (Lipinski definition) is 3. The minimum Gasteiger partial charge on any atom is -0.548 e. The molecule has 0 radical (unpaired) electrons. The van der Waals surface area contributed by atoms with E-state index in [1.165, 1.54) is 37.9 Å². The first-order valence-corrected chi connectivity index (χ1v) is 14.3. The van der Waals surface area contributed by atoms with Crippen LogP contribution in [0.15, 0.2) is 24.0 Å². The second-order valence-corrected chi connectivity index (χ2v) is 14.6. The molecule has 0 saturated heterocycles. The molecule has 3 aliphatic rings. The molecule has 3 nitrogen and oxygen atoms in total. The Morgan fingerprint density at radius 3 is 2.74 bits per heavy atom. The van der Waals surface area contributed by atoms with Crippen LogP contribution in [0.1, 0.15) is 58.8 Å². The number of rotatable bonds is 8. The van der Waals surface area contributed by atoms with Crippen molar-refractivity contribution in [1.82, 2.24) is 0 Å². The van der Waals surface area contributed by atoms with Crippen LogP contribution in [0.25, 0.3) is 0 Å². The Labute approximate surface area is 167 Å². The zero-order valence-electron chi connectivity index (χ0n) is 18.3. The first kappa shape index (κ1) is 21.1. The van der Waals surface area contributed by atoms with E-state index in [9.17, 15) is 0 Å². The van der Waals surface area contributed by atoms with E-state index in [1.807, 2.05) is 0 Å². The van der Waals surface area contributed by atoms with E-state index < -0.39 is 8.32 Å². The van der Waals surface area contributed by atoms with Crippen LogP contribution in [0.4, 0.5) is 0 Å². The van der Waals surface area contributed by atoms with Crippen molar-refractivity contribution in [3.05, 3.63) is 24.0 Å². The van der Waals surface area contributed by atoms with Crippen LogP contribution in [0.2, 0.25) is 19.6 Å². The van der Waals surface area contributed by atoms with Gasteiger partial charge < -0.3 is 13.9 Å². The highest BCUT2D eigenvalue weighted by Gasteiger charge is 2.60. The quantitative estimate of drug-likeness (QED) is 0.210. The lowest BCUT2D eigenvalue weighted by Crippen LogP contribution is -2.46. The molecule has 1 spiro atoms. The highest BCUT2D eigenvalue weighted by atomic mass is 28.4. The summed E-state index contributed by atoms with van der Waals surface area (Å²) >= 11 is 0. The van der Waals surface area contributed by atoms with Gasteiger partial charge in [-0.05, 0) is 86.9 Å². The molecule has 5 atom stereocenters. The smallest absolute Gasteiger partial charge is 0.241 e. The molecule has 3 aliphatic carbocycles. The van der Waals surface area contributed by atoms with Crippen LogP contribution in [0.5, 0.6) is 0 Å². The van der Waals surface area contributed by atoms with Crippen molar-refractivity contribution in [1.29, 1.82) is 0 Å². The third-order valence-electron chi connectivity index (χ3n) is 7.38. The zero-order valence-corrected chi connectivity index (χ0v) is 19.3. The summed E-state index contributed by atoms with van der Waals surface area (Å²) in [4.78, 5) is 0. The summed E-state index contributed by atoms with van der Waals surface area (Å²) in [6.07, 6.45) is 16.3. The van der Waals surface area contributed by atoms with Gasteiger partial charge in [-0.1, -0.05) is 26.0 Å². The number of hydrogen-bond donors (Lipinski definition) is 0. The molecule has 0 N–H and O–H groups in total. The van der Waals surface area contributed by atoms with Gasteiger partial charge >= 0.3 is 0 Å². The maximum atomic E-state index is 6.34. The molecule has 3 rings (SSSR count). The van der Waals surface area contributed by atoms with E-state index in [4.69, 9.17) is 13.9 Å². The molecular weight excluding hydrogens is 352 g/mol. The second kappa shape index (κ2) is 8.04. The van der Waals surface area contributed by atoms with Gasteiger partial charge in [0.25, 0.3) is 0 Å². The summed E-state index contributed by atoms with van der Waals surface area (Å²) in [5.74, 6) is 2.71. The Kier molecular flexibility index (Phi) is 6.29. The molecule has 154 valence electrons. The van der Waals surface area contributed by atoms with Gasteiger partial charge in [-0.2, -0.15) is 0 Å². The van der Waals surface area contributed by atoms with Gasteiger partial charge in [0, 0.05) is 13.5 Å². The molecule has 0 unspecified atom stereocenters. The Morgan fingerprint density at radius 2 is 2.07 bits per heavy atom. The van der Waals surface area contributed by atoms with Gasteiger partial charge in [-0.3, -0.25) is 0 Å². The lowest BCUT2D eigenvalue weighted by Gasteiger charge is -2.53. The fourth-order valence-electron chi connectivity index (χ4n) is 6.12. The predicted octanol–water partition coefficient (Wildman–Crippen LogP) is 6.28. The second-order valence-electron chi connectivity index (χ2n) is 10.2. The number of ether oxygens (including phenoxy) is 2. The number of methoxy groups -OCH3 is 1. The molecule has 0 aromatic heterocycles. The molecule has 4 heteroatoms. The van der Waals surface area contributed by atoms with Crippen LogP contribution in [-0.4, -0.2) is 28.3 Å². The van der Waals surface area contributed by atoms with E-state index in [0.717, 1.165) is 18.8 Å². The Bertz CT molecular complexity index is 579. The summed E-state index contributed by atoms with van der Waals surface area (Å²) in [5.41, 5.74) is 0.675. The van der Waals surface area contributed by atoms with E-state index in [2.05, 4.69) is 51.7 Å². The van der Waals surface area contributed by atoms with Crippen LogP contribution in [0.3, 0.4) is 0 Å². The van der Waals surface area contributed by atoms with Crippen molar-refractivity contribution in [3.8, 4) is 0 Å². The van der Waals surface area contributed by atoms with Crippen molar-refractivity contribution < 1.29 is 13.9 Å². The minimum atomic E-state index is -1.54. The summed E-state index contributed by atoms with van der Waals surface area (Å²) in [5, 5.41) is 0. The van der Waals surface area contributed by atoms with E-state index in [0.29, 0.717) is 24.2 Å². The molecule has 2 fully saturated rings. The SMILES string of the molecule is CC/C(=C\C[C@@]1(C)C=CC[C@H]2C[C@H]3C[C@]21CC[C@@H]3OCOC)O[Si](C)(C)C. The fourth-order valence-corrected chi connectivity index (χ4v) is 7.14. The zero-order chi connectivity index (χ0) is 19.7. The van der Waals surface area contributed by atoms with Gasteiger partial charge in [0.15, 0.2) is 0 Å². The summed E-state index contributed by atoms with van der Waals surface area (Å²) < 4.78 is 17.5. The Morgan fingerprint density at radius 1 is 1.30 bits per heavy atom. The average molecular weight is 393 g/mol. The molecule has 0 aromatic carbocycles. The van der Waals surface area contributed by atoms with E-state index in [1.54, 1.807) is 7.11 Å². The Balaban J connectivity index is 1.77. The molecule has 0 aliphatic heterocycles. The van der Waals surface area contributed by atoms with Crippen molar-refractivity contribution in [2.45, 2.75) is 84.5 Å². The fraction of sp³-hybridized carbons (Fsp3) is 0.826. The first-order valence-electron chi connectivity index (χ1n) is 10.9. The molecule has 0 amide bonds. The summed E-state index contributed by atoms with van der Waals surface area (Å²) in [7, 11) is 0.180. The summed E-state index contributed by atoms with van der Waals surface area (Å²) in [6, 6.07) is 0. The predicted molar refractivity (Wildman–Crippen MR) is 114 cm³/mol. The molecular formula is C23H40O3Si. The third kappa shape index (κ3) is 4.23. The van der Waals surface area contributed by atoms with Gasteiger partial charge in [-0.25, -0.2) is 0 Å². The average Bonchev–Trinajstić information content (AvgIpc) is 2.92. The highest BCUT2D eigenvalue weighted by molar-refractivity contribution is 6.70. The van der Waals surface area contributed by atoms with Crippen LogP contribution in [0, 0.1) is 22.7 Å². The molecule has 0 heterocycles. The van der Waals surface area contributed by atoms with Crippen molar-refractivity contribution in [2.75, 3.05) is 13.9 Å². The molecule has 2 saturated carbocycles. The summed E-state index contributed by atoms with van der Waals surface area (Å²) in [6.45, 7) is 12.0. The lowest BCUT2D eigenvalue weighted by atomic mass is 9.52. The third-order valence-corrected chi connectivity index (χ3v) is 8.25. The Hall–Kier alpha value is -0.583. The highest BCUT2D eigenvalue weighted by Crippen LogP contribution is 2.67. The first-order chi connectivity index (χ1) is 12.7. The molecule has 0 aromatic rings. The van der Waals surface area contributed by atoms with E-state index in [-0.39, 0.29) is 5.41 Å². The van der Waals surface area contributed by atoms with Crippen molar-refractivity contribution in [3.63, 3.8) is 0 Å². The maximum absolute atomic E-state index is 6.34. The lowest BCUT2D eigenvalue weighted by molar-refractivity contribution is -0.114. The molecule has 2 bridgehead atoms. The van der Waals surface area contributed by atoms with Crippen LogP contribution in [-0.2, 0) is 13.9 Å². The van der Waals surface area contributed by atoms with Crippen molar-refractivity contribution in [2.24, 2.45) is 22.7 Å². The molecule has 27 heavy (non-hydrogen) atoms. The largest absolute Gasteiger partial charge is 0.548 e. The van der Waals surface area contributed by atoms with Crippen molar-refractivity contribution >= 4 is 8.32 Å². The van der Waals surface area contributed by atoms with Crippen LogP contribution < -0.4 is 0 Å². The van der Waals surface area contributed by atoms with Gasteiger partial charge in [0.05, 0.1) is 11.9 Å². The van der Waals surface area contributed by atoms with Gasteiger partial charge in [0.2, 0.25) is 8.32 Å².